The van der Waals surface area contributed by atoms with Crippen molar-refractivity contribution in [3.63, 3.8) is 0 Å². The summed E-state index contributed by atoms with van der Waals surface area (Å²) in [5, 5.41) is 1.58. The second kappa shape index (κ2) is 3.08. The van der Waals surface area contributed by atoms with E-state index >= 15 is 0 Å². The highest BCUT2D eigenvalue weighted by Crippen LogP contribution is 2.23. The molecule has 1 nitrogen and oxygen atoms in total. The summed E-state index contributed by atoms with van der Waals surface area (Å²) in [6.45, 7) is 0. The van der Waals surface area contributed by atoms with Crippen LogP contribution in [0.5, 0.6) is 0 Å². The van der Waals surface area contributed by atoms with E-state index in [1.807, 2.05) is 12.1 Å². The molecule has 0 unspecified atom stereocenters. The van der Waals surface area contributed by atoms with Gasteiger partial charge in [0.1, 0.15) is 0 Å². The van der Waals surface area contributed by atoms with Crippen molar-refractivity contribution in [3.8, 4) is 12.3 Å². The number of nitrogens with zero attached hydrogens (tertiary/aromatic N) is 1. The van der Waals surface area contributed by atoms with Crippen LogP contribution in [0, 0.1) is 12.3 Å². The molecule has 0 saturated heterocycles. The van der Waals surface area contributed by atoms with Gasteiger partial charge in [-0.2, -0.15) is 0 Å². The zero-order valence-electron chi connectivity index (χ0n) is 6.79. The minimum absolute atomic E-state index is 0.683. The molecule has 0 bridgehead atoms. The first kappa shape index (κ1) is 8.10. The Morgan fingerprint density at radius 1 is 1.31 bits per heavy atom. The Labute approximate surface area is 81.4 Å². The first-order chi connectivity index (χ1) is 6.33. The first-order valence-electron chi connectivity index (χ1n) is 3.83. The molecule has 0 radical (unpaired) electrons. The highest BCUT2D eigenvalue weighted by molar-refractivity contribution is 6.35. The maximum Gasteiger partial charge on any atom is 0.0873 e. The van der Waals surface area contributed by atoms with E-state index in [-0.39, 0.29) is 0 Å². The fourth-order valence-electron chi connectivity index (χ4n) is 1.25. The van der Waals surface area contributed by atoms with E-state index in [1.165, 1.54) is 0 Å². The fourth-order valence-corrected chi connectivity index (χ4v) is 1.47. The van der Waals surface area contributed by atoms with E-state index in [0.717, 1.165) is 16.5 Å². The van der Waals surface area contributed by atoms with Crippen LogP contribution in [0.1, 0.15) is 5.56 Å². The van der Waals surface area contributed by atoms with Crippen molar-refractivity contribution >= 4 is 22.5 Å². The lowest BCUT2D eigenvalue weighted by atomic mass is 10.1. The summed E-state index contributed by atoms with van der Waals surface area (Å²) in [4.78, 5) is 4.19. The zero-order chi connectivity index (χ0) is 9.26. The second-order valence-corrected chi connectivity index (χ2v) is 3.05. The molecule has 2 heteroatoms. The van der Waals surface area contributed by atoms with Crippen LogP contribution in [0.4, 0.5) is 0 Å². The molecule has 13 heavy (non-hydrogen) atoms. The van der Waals surface area contributed by atoms with Gasteiger partial charge >= 0.3 is 0 Å². The molecule has 1 heterocycles. The molecule has 0 amide bonds. The monoisotopic (exact) mass is 187 g/mol. The van der Waals surface area contributed by atoms with Crippen LogP contribution in [0.2, 0.25) is 5.02 Å². The molecule has 0 aliphatic carbocycles. The Bertz CT molecular complexity index is 497. The van der Waals surface area contributed by atoms with E-state index in [9.17, 15) is 0 Å². The van der Waals surface area contributed by atoms with Crippen LogP contribution < -0.4 is 0 Å². The lowest BCUT2D eigenvalue weighted by Gasteiger charge is -2.00. The lowest BCUT2D eigenvalue weighted by Crippen LogP contribution is -1.83. The zero-order valence-corrected chi connectivity index (χ0v) is 7.55. The molecular weight excluding hydrogens is 182 g/mol. The topological polar surface area (TPSA) is 12.9 Å². The van der Waals surface area contributed by atoms with Crippen molar-refractivity contribution in [3.05, 3.63) is 41.0 Å². The molecule has 0 spiro atoms. The van der Waals surface area contributed by atoms with Gasteiger partial charge in [-0.3, -0.25) is 4.98 Å². The average molecular weight is 188 g/mol. The van der Waals surface area contributed by atoms with Gasteiger partial charge in [-0.1, -0.05) is 17.5 Å². The quantitative estimate of drug-likeness (QED) is 0.578. The molecule has 0 atom stereocenters. The molecule has 2 aromatic rings. The van der Waals surface area contributed by atoms with Gasteiger partial charge < -0.3 is 0 Å². The third-order valence-corrected chi connectivity index (χ3v) is 2.20. The molecule has 0 fully saturated rings. The summed E-state index contributed by atoms with van der Waals surface area (Å²) in [5.74, 6) is 2.58. The molecule has 62 valence electrons. The number of hydrogen-bond acceptors (Lipinski definition) is 1. The number of pyridine rings is 1. The van der Waals surface area contributed by atoms with Gasteiger partial charge in [-0.25, -0.2) is 0 Å². The van der Waals surface area contributed by atoms with Crippen LogP contribution in [0.3, 0.4) is 0 Å². The van der Waals surface area contributed by atoms with Crippen LogP contribution in [-0.4, -0.2) is 4.98 Å². The molecule has 0 aliphatic heterocycles. The molecular formula is C11H6ClN. The summed E-state index contributed by atoms with van der Waals surface area (Å²) in [7, 11) is 0. The van der Waals surface area contributed by atoms with Gasteiger partial charge in [0.15, 0.2) is 0 Å². The van der Waals surface area contributed by atoms with E-state index < -0.39 is 0 Å². The van der Waals surface area contributed by atoms with Crippen molar-refractivity contribution in [1.29, 1.82) is 0 Å². The van der Waals surface area contributed by atoms with Gasteiger partial charge in [-0.05, 0) is 24.3 Å². The average Bonchev–Trinajstić information content (AvgIpc) is 2.19. The maximum absolute atomic E-state index is 5.98. The fraction of sp³-hybridized carbons (Fsp3) is 0. The standard InChI is InChI=1S/C11H6ClN/c1-2-8-5-6-10(12)9-4-3-7-13-11(8)9/h1,3-7H. The number of aromatic nitrogens is 1. The summed E-state index contributed by atoms with van der Waals surface area (Å²) in [5.41, 5.74) is 1.57. The summed E-state index contributed by atoms with van der Waals surface area (Å²) < 4.78 is 0. The Morgan fingerprint density at radius 3 is 2.92 bits per heavy atom. The SMILES string of the molecule is C#Cc1ccc(Cl)c2cccnc12. The van der Waals surface area contributed by atoms with Crippen LogP contribution in [-0.2, 0) is 0 Å². The van der Waals surface area contributed by atoms with Gasteiger partial charge in [0.2, 0.25) is 0 Å². The molecule has 0 aliphatic rings. The summed E-state index contributed by atoms with van der Waals surface area (Å²) in [6, 6.07) is 7.35. The summed E-state index contributed by atoms with van der Waals surface area (Å²) >= 11 is 5.98. The van der Waals surface area contributed by atoms with Gasteiger partial charge in [-0.15, -0.1) is 6.42 Å². The van der Waals surface area contributed by atoms with Gasteiger partial charge in [0.25, 0.3) is 0 Å². The first-order valence-corrected chi connectivity index (χ1v) is 4.20. The molecule has 1 aromatic heterocycles. The third-order valence-electron chi connectivity index (χ3n) is 1.87. The lowest BCUT2D eigenvalue weighted by molar-refractivity contribution is 1.40. The van der Waals surface area contributed by atoms with Crippen molar-refractivity contribution in [2.24, 2.45) is 0 Å². The molecule has 0 N–H and O–H groups in total. The van der Waals surface area contributed by atoms with E-state index in [0.29, 0.717) is 5.02 Å². The molecule has 1 aromatic carbocycles. The third kappa shape index (κ3) is 1.26. The predicted octanol–water partition coefficient (Wildman–Crippen LogP) is 2.87. The Kier molecular flexibility index (Phi) is 1.92. The normalized spacial score (nSPS) is 9.85. The van der Waals surface area contributed by atoms with Crippen LogP contribution in [0.15, 0.2) is 30.5 Å². The minimum atomic E-state index is 0.683. The number of rotatable bonds is 0. The Balaban J connectivity index is 2.95. The second-order valence-electron chi connectivity index (χ2n) is 2.64. The van der Waals surface area contributed by atoms with Crippen molar-refractivity contribution in [2.45, 2.75) is 0 Å². The highest BCUT2D eigenvalue weighted by Gasteiger charge is 2.02. The van der Waals surface area contributed by atoms with Crippen molar-refractivity contribution in [2.75, 3.05) is 0 Å². The number of halogens is 1. The van der Waals surface area contributed by atoms with Gasteiger partial charge in [0.05, 0.1) is 16.1 Å². The van der Waals surface area contributed by atoms with Crippen molar-refractivity contribution in [1.82, 2.24) is 4.98 Å². The Hall–Kier alpha value is -1.52. The van der Waals surface area contributed by atoms with E-state index in [2.05, 4.69) is 10.9 Å². The molecule has 0 saturated carbocycles. The smallest absolute Gasteiger partial charge is 0.0873 e. The number of hydrogen-bond donors (Lipinski definition) is 0. The number of benzene rings is 1. The van der Waals surface area contributed by atoms with Crippen LogP contribution >= 0.6 is 11.6 Å². The predicted molar refractivity (Wildman–Crippen MR) is 54.7 cm³/mol. The molecule has 2 rings (SSSR count). The minimum Gasteiger partial charge on any atom is -0.255 e. The highest BCUT2D eigenvalue weighted by atomic mass is 35.5. The Morgan fingerprint density at radius 2 is 2.15 bits per heavy atom. The van der Waals surface area contributed by atoms with Crippen molar-refractivity contribution < 1.29 is 0 Å². The van der Waals surface area contributed by atoms with E-state index in [1.54, 1.807) is 18.3 Å². The van der Waals surface area contributed by atoms with E-state index in [4.69, 9.17) is 18.0 Å². The largest absolute Gasteiger partial charge is 0.255 e. The maximum atomic E-state index is 5.98. The van der Waals surface area contributed by atoms with Crippen LogP contribution in [0.25, 0.3) is 10.9 Å². The number of fused-ring (bicyclic) bond motifs is 1. The summed E-state index contributed by atoms with van der Waals surface area (Å²) in [6.07, 6.45) is 7.04. The van der Waals surface area contributed by atoms with Gasteiger partial charge in [0, 0.05) is 11.6 Å². The number of terminal acetylenes is 1.